The predicted molar refractivity (Wildman–Crippen MR) is 128 cm³/mol. The summed E-state index contributed by atoms with van der Waals surface area (Å²) in [6.07, 6.45) is 2.37. The number of hydrogen-bond donors (Lipinski definition) is 2. The van der Waals surface area contributed by atoms with Crippen LogP contribution >= 0.6 is 23.2 Å². The second-order valence-corrected chi connectivity index (χ2v) is 9.51. The van der Waals surface area contributed by atoms with Crippen molar-refractivity contribution in [2.45, 2.75) is 49.9 Å². The summed E-state index contributed by atoms with van der Waals surface area (Å²) in [4.78, 5) is 37.8. The van der Waals surface area contributed by atoms with Gasteiger partial charge in [0.1, 0.15) is 0 Å². The van der Waals surface area contributed by atoms with E-state index in [1.807, 2.05) is 25.1 Å². The Labute approximate surface area is 203 Å². The molecule has 8 heteroatoms. The average molecular weight is 489 g/mol. The summed E-state index contributed by atoms with van der Waals surface area (Å²) >= 11 is 12.6. The van der Waals surface area contributed by atoms with Crippen molar-refractivity contribution >= 4 is 46.6 Å². The molecule has 0 spiro atoms. The highest BCUT2D eigenvalue weighted by molar-refractivity contribution is 6.35. The molecule has 6 nitrogen and oxygen atoms in total. The Balaban J connectivity index is 1.59. The Morgan fingerprint density at radius 1 is 1.06 bits per heavy atom. The first kappa shape index (κ1) is 23.7. The molecule has 1 atom stereocenters. The van der Waals surface area contributed by atoms with Gasteiger partial charge in [0.05, 0.1) is 10.8 Å². The number of nitrogens with one attached hydrogen (secondary N) is 2. The van der Waals surface area contributed by atoms with Crippen LogP contribution in [-0.4, -0.2) is 30.9 Å². The summed E-state index contributed by atoms with van der Waals surface area (Å²) in [6, 6.07) is 12.5. The molecule has 0 radical (unpaired) electrons. The lowest BCUT2D eigenvalue weighted by Gasteiger charge is -2.37. The van der Waals surface area contributed by atoms with Gasteiger partial charge in [-0.1, -0.05) is 48.3 Å². The Bertz CT molecular complexity index is 1080. The number of carbonyl (C=O) groups excluding carboxylic acids is 3. The van der Waals surface area contributed by atoms with Crippen molar-refractivity contribution in [3.63, 3.8) is 0 Å². The minimum atomic E-state index is -0.827. The van der Waals surface area contributed by atoms with E-state index in [-0.39, 0.29) is 17.7 Å². The molecule has 0 aromatic heterocycles. The molecule has 2 saturated heterocycles. The van der Waals surface area contributed by atoms with Crippen LogP contribution in [0.2, 0.25) is 10.0 Å². The fraction of sp³-hybridized carbons (Fsp3) is 0.400. The zero-order valence-electron chi connectivity index (χ0n) is 18.4. The van der Waals surface area contributed by atoms with Crippen molar-refractivity contribution < 1.29 is 19.1 Å². The third-order valence-corrected chi connectivity index (χ3v) is 7.54. The van der Waals surface area contributed by atoms with E-state index in [0.717, 1.165) is 11.1 Å². The molecular weight excluding hydrogens is 463 g/mol. The fourth-order valence-electron chi connectivity index (χ4n) is 4.91. The molecule has 1 unspecified atom stereocenters. The van der Waals surface area contributed by atoms with Crippen LogP contribution in [0, 0.1) is 0 Å². The maximum absolute atomic E-state index is 13.6. The summed E-state index contributed by atoms with van der Waals surface area (Å²) in [6.45, 7) is 2.85. The number of imide groups is 1. The molecule has 0 aliphatic carbocycles. The average Bonchev–Trinajstić information content (AvgIpc) is 2.80. The lowest BCUT2D eigenvalue weighted by atomic mass is 9.72. The summed E-state index contributed by atoms with van der Waals surface area (Å²) in [5.41, 5.74) is 0.620. The van der Waals surface area contributed by atoms with E-state index >= 15 is 0 Å². The van der Waals surface area contributed by atoms with Crippen LogP contribution in [-0.2, 0) is 30.0 Å². The molecule has 2 aliphatic rings. The van der Waals surface area contributed by atoms with Crippen molar-refractivity contribution in [1.29, 1.82) is 0 Å². The van der Waals surface area contributed by atoms with Gasteiger partial charge in [0.2, 0.25) is 17.7 Å². The Kier molecular flexibility index (Phi) is 6.80. The van der Waals surface area contributed by atoms with Gasteiger partial charge in [-0.25, -0.2) is 0 Å². The van der Waals surface area contributed by atoms with Gasteiger partial charge in [0.15, 0.2) is 0 Å². The quantitative estimate of drug-likeness (QED) is 0.593. The Hall–Kier alpha value is -2.41. The first-order valence-electron chi connectivity index (χ1n) is 11.1. The zero-order chi connectivity index (χ0) is 23.6. The molecule has 2 aliphatic heterocycles. The number of amides is 3. The number of hydrogen-bond acceptors (Lipinski definition) is 4. The van der Waals surface area contributed by atoms with Crippen LogP contribution in [0.4, 0.5) is 5.69 Å². The molecular formula is C25H26Cl2N2O4. The van der Waals surface area contributed by atoms with Crippen LogP contribution in [0.5, 0.6) is 0 Å². The number of carbonyl (C=O) groups is 3. The van der Waals surface area contributed by atoms with Crippen LogP contribution < -0.4 is 10.6 Å². The molecule has 4 rings (SSSR count). The third-order valence-electron chi connectivity index (χ3n) is 6.99. The molecule has 0 saturated carbocycles. The highest BCUT2D eigenvalue weighted by Crippen LogP contribution is 2.41. The molecule has 2 N–H and O–H groups in total. The van der Waals surface area contributed by atoms with E-state index in [9.17, 15) is 14.4 Å². The number of halogens is 2. The van der Waals surface area contributed by atoms with Gasteiger partial charge in [-0.3, -0.25) is 19.7 Å². The largest absolute Gasteiger partial charge is 0.381 e. The second kappa shape index (κ2) is 9.45. The molecule has 0 bridgehead atoms. The van der Waals surface area contributed by atoms with Crippen molar-refractivity contribution in [2.24, 2.45) is 0 Å². The van der Waals surface area contributed by atoms with Crippen molar-refractivity contribution in [1.82, 2.24) is 5.32 Å². The SMILES string of the molecule is CCC1(c2ccc(NC(=O)C3(c4ccc(Cl)cc4Cl)CCOCC3)cc2)CCC(=O)NC1=O. The first-order valence-corrected chi connectivity index (χ1v) is 11.9. The van der Waals surface area contributed by atoms with E-state index in [2.05, 4.69) is 10.6 Å². The molecule has 2 aromatic rings. The molecule has 2 fully saturated rings. The van der Waals surface area contributed by atoms with Crippen molar-refractivity contribution in [3.05, 3.63) is 63.6 Å². The van der Waals surface area contributed by atoms with E-state index in [0.29, 0.717) is 61.1 Å². The number of benzene rings is 2. The van der Waals surface area contributed by atoms with Crippen molar-refractivity contribution in [2.75, 3.05) is 18.5 Å². The highest BCUT2D eigenvalue weighted by Gasteiger charge is 2.44. The van der Waals surface area contributed by atoms with Gasteiger partial charge in [-0.15, -0.1) is 0 Å². The standard InChI is InChI=1S/C25H26Cl2N2O4/c1-2-24(10-9-21(30)29-22(24)31)16-3-6-18(7-4-16)28-23(32)25(11-13-33-14-12-25)19-8-5-17(26)15-20(19)27/h3-8,15H,2,9-14H2,1H3,(H,28,32)(H,29,30,31). The van der Waals surface area contributed by atoms with E-state index in [1.54, 1.807) is 24.3 Å². The topological polar surface area (TPSA) is 84.5 Å². The molecule has 2 heterocycles. The molecule has 2 aromatic carbocycles. The van der Waals surface area contributed by atoms with Crippen LogP contribution in [0.15, 0.2) is 42.5 Å². The summed E-state index contributed by atoms with van der Waals surface area (Å²) in [5.74, 6) is -0.666. The first-order chi connectivity index (χ1) is 15.8. The van der Waals surface area contributed by atoms with E-state index < -0.39 is 10.8 Å². The van der Waals surface area contributed by atoms with Crippen LogP contribution in [0.3, 0.4) is 0 Å². The van der Waals surface area contributed by atoms with Gasteiger partial charge in [-0.05, 0) is 61.1 Å². The lowest BCUT2D eigenvalue weighted by molar-refractivity contribution is -0.138. The van der Waals surface area contributed by atoms with Gasteiger partial charge in [0.25, 0.3) is 0 Å². The molecule has 3 amide bonds. The number of rotatable bonds is 5. The highest BCUT2D eigenvalue weighted by atomic mass is 35.5. The minimum Gasteiger partial charge on any atom is -0.381 e. The lowest BCUT2D eigenvalue weighted by Crippen LogP contribution is -2.51. The molecule has 174 valence electrons. The van der Waals surface area contributed by atoms with Gasteiger partial charge in [0, 0.05) is 35.4 Å². The Morgan fingerprint density at radius 2 is 1.76 bits per heavy atom. The van der Waals surface area contributed by atoms with Crippen molar-refractivity contribution in [3.8, 4) is 0 Å². The fourth-order valence-corrected chi connectivity index (χ4v) is 5.49. The zero-order valence-corrected chi connectivity index (χ0v) is 19.9. The van der Waals surface area contributed by atoms with E-state index in [1.165, 1.54) is 0 Å². The number of anilines is 1. The minimum absolute atomic E-state index is 0.158. The summed E-state index contributed by atoms with van der Waals surface area (Å²) in [5, 5.41) is 6.46. The Morgan fingerprint density at radius 3 is 2.36 bits per heavy atom. The molecule has 33 heavy (non-hydrogen) atoms. The number of piperidine rings is 1. The maximum atomic E-state index is 13.6. The summed E-state index contributed by atoms with van der Waals surface area (Å²) < 4.78 is 5.52. The maximum Gasteiger partial charge on any atom is 0.237 e. The number of ether oxygens (including phenoxy) is 1. The van der Waals surface area contributed by atoms with Crippen LogP contribution in [0.25, 0.3) is 0 Å². The van der Waals surface area contributed by atoms with Gasteiger partial charge >= 0.3 is 0 Å². The third kappa shape index (κ3) is 4.39. The monoisotopic (exact) mass is 488 g/mol. The smallest absolute Gasteiger partial charge is 0.237 e. The predicted octanol–water partition coefficient (Wildman–Crippen LogP) is 4.76. The second-order valence-electron chi connectivity index (χ2n) is 8.66. The normalized spacial score (nSPS) is 22.5. The summed E-state index contributed by atoms with van der Waals surface area (Å²) in [7, 11) is 0. The van der Waals surface area contributed by atoms with E-state index in [4.69, 9.17) is 27.9 Å². The van der Waals surface area contributed by atoms with Gasteiger partial charge in [-0.2, -0.15) is 0 Å². The van der Waals surface area contributed by atoms with Crippen LogP contribution in [0.1, 0.15) is 50.2 Å². The van der Waals surface area contributed by atoms with Gasteiger partial charge < -0.3 is 10.1 Å².